The topological polar surface area (TPSA) is 57.7 Å². The summed E-state index contributed by atoms with van der Waals surface area (Å²) in [6.45, 7) is 0.757. The molecule has 0 atom stereocenters. The Morgan fingerprint density at radius 3 is 2.93 bits per heavy atom. The van der Waals surface area contributed by atoms with Crippen molar-refractivity contribution in [1.82, 2.24) is 25.1 Å². The van der Waals surface area contributed by atoms with Gasteiger partial charge in [0.05, 0.1) is 6.54 Å². The molecule has 0 radical (unpaired) electrons. The first kappa shape index (κ1) is 9.79. The van der Waals surface area contributed by atoms with Crippen molar-refractivity contribution in [2.24, 2.45) is 0 Å². The summed E-state index contributed by atoms with van der Waals surface area (Å²) in [5, 5.41) is 7.04. The third-order valence-corrected chi connectivity index (χ3v) is 1.92. The van der Waals surface area contributed by atoms with Gasteiger partial charge in [0.15, 0.2) is 5.82 Å². The van der Waals surface area contributed by atoms with Crippen LogP contribution in [0.5, 0.6) is 0 Å². The average molecular weight is 203 g/mol. The molecule has 0 spiro atoms. The van der Waals surface area contributed by atoms with Gasteiger partial charge >= 0.3 is 0 Å². The highest BCUT2D eigenvalue weighted by Crippen LogP contribution is 2.12. The van der Waals surface area contributed by atoms with Gasteiger partial charge in [-0.05, 0) is 26.2 Å². The molecule has 0 aromatic carbocycles. The molecule has 0 bridgehead atoms. The lowest BCUT2D eigenvalue weighted by Crippen LogP contribution is -2.11. The third kappa shape index (κ3) is 2.38. The SMILES string of the molecule is CN(C)Cc1nc(-c2cccnc2)n[nH]1. The Kier molecular flexibility index (Phi) is 2.73. The molecule has 5 heteroatoms. The number of hydrogen-bond acceptors (Lipinski definition) is 4. The highest BCUT2D eigenvalue weighted by Gasteiger charge is 2.05. The van der Waals surface area contributed by atoms with Crippen molar-refractivity contribution < 1.29 is 0 Å². The van der Waals surface area contributed by atoms with E-state index in [1.165, 1.54) is 0 Å². The van der Waals surface area contributed by atoms with E-state index in [-0.39, 0.29) is 0 Å². The molecule has 0 fully saturated rings. The van der Waals surface area contributed by atoms with Crippen LogP contribution >= 0.6 is 0 Å². The maximum Gasteiger partial charge on any atom is 0.182 e. The summed E-state index contributed by atoms with van der Waals surface area (Å²) in [6.07, 6.45) is 3.49. The van der Waals surface area contributed by atoms with Gasteiger partial charge in [0.25, 0.3) is 0 Å². The van der Waals surface area contributed by atoms with Crippen LogP contribution in [0.15, 0.2) is 24.5 Å². The highest BCUT2D eigenvalue weighted by molar-refractivity contribution is 5.52. The summed E-state index contributed by atoms with van der Waals surface area (Å²) in [4.78, 5) is 10.4. The predicted octanol–water partition coefficient (Wildman–Crippen LogP) is 0.928. The van der Waals surface area contributed by atoms with Crippen LogP contribution in [0.4, 0.5) is 0 Å². The van der Waals surface area contributed by atoms with Gasteiger partial charge in [0, 0.05) is 18.0 Å². The maximum absolute atomic E-state index is 4.37. The minimum absolute atomic E-state index is 0.694. The van der Waals surface area contributed by atoms with Crippen molar-refractivity contribution >= 4 is 0 Å². The van der Waals surface area contributed by atoms with Gasteiger partial charge in [-0.3, -0.25) is 10.1 Å². The number of hydrogen-bond donors (Lipinski definition) is 1. The van der Waals surface area contributed by atoms with Crippen molar-refractivity contribution in [3.05, 3.63) is 30.4 Å². The summed E-state index contributed by atoms with van der Waals surface area (Å²) in [5.74, 6) is 1.55. The quantitative estimate of drug-likeness (QED) is 0.806. The number of aromatic amines is 1. The molecule has 0 aliphatic carbocycles. The minimum atomic E-state index is 0.694. The summed E-state index contributed by atoms with van der Waals surface area (Å²) in [5.41, 5.74) is 0.929. The molecule has 5 nitrogen and oxygen atoms in total. The minimum Gasteiger partial charge on any atom is -0.302 e. The molecule has 0 aliphatic rings. The van der Waals surface area contributed by atoms with Gasteiger partial charge in [0.1, 0.15) is 5.82 Å². The van der Waals surface area contributed by atoms with E-state index in [0.717, 1.165) is 17.9 Å². The summed E-state index contributed by atoms with van der Waals surface area (Å²) in [6, 6.07) is 3.81. The average Bonchev–Trinajstić information content (AvgIpc) is 2.67. The second-order valence-corrected chi connectivity index (χ2v) is 3.59. The van der Waals surface area contributed by atoms with Crippen LogP contribution in [-0.2, 0) is 6.54 Å². The first-order valence-corrected chi connectivity index (χ1v) is 4.72. The lowest BCUT2D eigenvalue weighted by Gasteiger charge is -2.04. The molecule has 1 N–H and O–H groups in total. The summed E-state index contributed by atoms with van der Waals surface area (Å²) in [7, 11) is 3.98. The fourth-order valence-electron chi connectivity index (χ4n) is 1.29. The van der Waals surface area contributed by atoms with Crippen LogP contribution in [0.1, 0.15) is 5.82 Å². The smallest absolute Gasteiger partial charge is 0.182 e. The molecule has 2 heterocycles. The molecule has 0 saturated carbocycles. The first-order valence-electron chi connectivity index (χ1n) is 4.72. The van der Waals surface area contributed by atoms with E-state index in [9.17, 15) is 0 Å². The van der Waals surface area contributed by atoms with Crippen molar-refractivity contribution in [3.8, 4) is 11.4 Å². The molecule has 15 heavy (non-hydrogen) atoms. The van der Waals surface area contributed by atoms with E-state index in [0.29, 0.717) is 5.82 Å². The predicted molar refractivity (Wildman–Crippen MR) is 57.0 cm³/mol. The Bertz CT molecular complexity index is 420. The van der Waals surface area contributed by atoms with Crippen LogP contribution in [0.3, 0.4) is 0 Å². The zero-order valence-corrected chi connectivity index (χ0v) is 8.81. The van der Waals surface area contributed by atoms with Crippen LogP contribution < -0.4 is 0 Å². The molecule has 0 saturated heterocycles. The van der Waals surface area contributed by atoms with E-state index in [1.807, 2.05) is 31.1 Å². The zero-order valence-electron chi connectivity index (χ0n) is 8.81. The molecule has 2 aromatic heterocycles. The number of H-pyrrole nitrogens is 1. The van der Waals surface area contributed by atoms with Crippen molar-refractivity contribution in [3.63, 3.8) is 0 Å². The zero-order chi connectivity index (χ0) is 10.7. The number of aromatic nitrogens is 4. The Labute approximate surface area is 88.2 Å². The lowest BCUT2D eigenvalue weighted by atomic mass is 10.3. The number of nitrogens with one attached hydrogen (secondary N) is 1. The Balaban J connectivity index is 2.21. The number of nitrogens with zero attached hydrogens (tertiary/aromatic N) is 4. The van der Waals surface area contributed by atoms with Crippen molar-refractivity contribution in [1.29, 1.82) is 0 Å². The fourth-order valence-corrected chi connectivity index (χ4v) is 1.29. The molecular weight excluding hydrogens is 190 g/mol. The Morgan fingerprint density at radius 2 is 2.27 bits per heavy atom. The van der Waals surface area contributed by atoms with Gasteiger partial charge in [-0.1, -0.05) is 0 Å². The molecule has 0 unspecified atom stereocenters. The Hall–Kier alpha value is -1.75. The van der Waals surface area contributed by atoms with E-state index < -0.39 is 0 Å². The molecule has 78 valence electrons. The van der Waals surface area contributed by atoms with Gasteiger partial charge < -0.3 is 4.90 Å². The Morgan fingerprint density at radius 1 is 1.40 bits per heavy atom. The van der Waals surface area contributed by atoms with E-state index >= 15 is 0 Å². The maximum atomic E-state index is 4.37. The fraction of sp³-hybridized carbons (Fsp3) is 0.300. The molecule has 2 aromatic rings. The number of rotatable bonds is 3. The molecule has 0 amide bonds. The van der Waals surface area contributed by atoms with E-state index in [2.05, 4.69) is 20.2 Å². The van der Waals surface area contributed by atoms with Crippen LogP contribution in [-0.4, -0.2) is 39.2 Å². The van der Waals surface area contributed by atoms with Crippen LogP contribution in [0, 0.1) is 0 Å². The summed E-state index contributed by atoms with van der Waals surface area (Å²) >= 11 is 0. The van der Waals surface area contributed by atoms with Gasteiger partial charge in [-0.25, -0.2) is 4.98 Å². The van der Waals surface area contributed by atoms with Crippen molar-refractivity contribution in [2.45, 2.75) is 6.54 Å². The standard InChI is InChI=1S/C10H13N5/c1-15(2)7-9-12-10(14-13-9)8-4-3-5-11-6-8/h3-6H,7H2,1-2H3,(H,12,13,14). The van der Waals surface area contributed by atoms with Crippen molar-refractivity contribution in [2.75, 3.05) is 14.1 Å². The van der Waals surface area contributed by atoms with Gasteiger partial charge in [0.2, 0.25) is 0 Å². The number of pyridine rings is 1. The van der Waals surface area contributed by atoms with E-state index in [4.69, 9.17) is 0 Å². The monoisotopic (exact) mass is 203 g/mol. The third-order valence-electron chi connectivity index (χ3n) is 1.92. The van der Waals surface area contributed by atoms with Crippen LogP contribution in [0.2, 0.25) is 0 Å². The molecule has 2 rings (SSSR count). The first-order chi connectivity index (χ1) is 7.25. The normalized spacial score (nSPS) is 10.9. The van der Waals surface area contributed by atoms with E-state index in [1.54, 1.807) is 12.4 Å². The molecule has 0 aliphatic heterocycles. The second-order valence-electron chi connectivity index (χ2n) is 3.59. The molecular formula is C10H13N5. The lowest BCUT2D eigenvalue weighted by molar-refractivity contribution is 0.391. The van der Waals surface area contributed by atoms with Crippen LogP contribution in [0.25, 0.3) is 11.4 Å². The van der Waals surface area contributed by atoms with Gasteiger partial charge in [-0.2, -0.15) is 5.10 Å². The second kappa shape index (κ2) is 4.18. The highest BCUT2D eigenvalue weighted by atomic mass is 15.2. The summed E-state index contributed by atoms with van der Waals surface area (Å²) < 4.78 is 0. The largest absolute Gasteiger partial charge is 0.302 e. The van der Waals surface area contributed by atoms with Gasteiger partial charge in [-0.15, -0.1) is 0 Å².